The molecule has 4 nitrogen and oxygen atoms in total. The fourth-order valence-electron chi connectivity index (χ4n) is 5.35. The number of amides is 1. The van der Waals surface area contributed by atoms with Crippen LogP contribution >= 0.6 is 11.3 Å². The fourth-order valence-corrected chi connectivity index (χ4v) is 6.51. The molecule has 2 aromatic heterocycles. The van der Waals surface area contributed by atoms with Crippen molar-refractivity contribution in [3.05, 3.63) is 82.6 Å². The molecule has 0 N–H and O–H groups in total. The summed E-state index contributed by atoms with van der Waals surface area (Å²) >= 11 is 1.64. The number of rotatable bonds is 7. The van der Waals surface area contributed by atoms with E-state index in [0.717, 1.165) is 47.4 Å². The first kappa shape index (κ1) is 27.0. The van der Waals surface area contributed by atoms with E-state index >= 15 is 0 Å². The van der Waals surface area contributed by atoms with Gasteiger partial charge >= 0.3 is 0 Å². The summed E-state index contributed by atoms with van der Waals surface area (Å²) in [4.78, 5) is 26.0. The van der Waals surface area contributed by atoms with E-state index in [1.807, 2.05) is 20.0 Å². The van der Waals surface area contributed by atoms with Crippen molar-refractivity contribution in [1.29, 1.82) is 0 Å². The van der Waals surface area contributed by atoms with Crippen LogP contribution in [0.4, 0.5) is 0 Å². The first-order chi connectivity index (χ1) is 18.2. The molecule has 1 aliphatic carbocycles. The molecule has 1 saturated carbocycles. The number of benzene rings is 2. The van der Waals surface area contributed by atoms with Gasteiger partial charge in [-0.25, -0.2) is 0 Å². The SMILES string of the molecule is CC.CCCc1ccc(-c2cnccn2)cc1CN(C(=O)c1sc2ccccc2c1C)C1CCCCC1. The maximum absolute atomic E-state index is 14.2. The Hall–Kier alpha value is -3.05. The van der Waals surface area contributed by atoms with Crippen LogP contribution in [0.3, 0.4) is 0 Å². The highest BCUT2D eigenvalue weighted by Gasteiger charge is 2.29. The maximum Gasteiger partial charge on any atom is 0.264 e. The molecule has 5 rings (SSSR count). The molecular formula is C32H39N3OS. The fraction of sp³-hybridized carbons (Fsp3) is 0.406. The molecule has 2 heterocycles. The van der Waals surface area contributed by atoms with E-state index in [2.05, 4.69) is 71.2 Å². The number of aryl methyl sites for hydroxylation is 2. The van der Waals surface area contributed by atoms with Crippen molar-refractivity contribution in [2.24, 2.45) is 0 Å². The Bertz CT molecular complexity index is 1310. The van der Waals surface area contributed by atoms with Gasteiger partial charge in [-0.1, -0.05) is 76.8 Å². The van der Waals surface area contributed by atoms with Crippen LogP contribution in [-0.2, 0) is 13.0 Å². The summed E-state index contributed by atoms with van der Waals surface area (Å²) in [6, 6.07) is 15.2. The molecule has 0 atom stereocenters. The molecule has 5 heteroatoms. The van der Waals surface area contributed by atoms with Crippen molar-refractivity contribution in [2.45, 2.75) is 85.2 Å². The highest BCUT2D eigenvalue weighted by molar-refractivity contribution is 7.21. The van der Waals surface area contributed by atoms with Crippen LogP contribution in [0.15, 0.2) is 61.1 Å². The second-order valence-corrected chi connectivity index (χ2v) is 10.7. The average Bonchev–Trinajstić information content (AvgIpc) is 3.30. The summed E-state index contributed by atoms with van der Waals surface area (Å²) < 4.78 is 1.19. The molecule has 0 radical (unpaired) electrons. The van der Waals surface area contributed by atoms with Gasteiger partial charge in [0.2, 0.25) is 0 Å². The summed E-state index contributed by atoms with van der Waals surface area (Å²) in [6.07, 6.45) is 13.2. The van der Waals surface area contributed by atoms with Crippen molar-refractivity contribution >= 4 is 27.3 Å². The minimum absolute atomic E-state index is 0.183. The molecule has 1 fully saturated rings. The number of hydrogen-bond acceptors (Lipinski definition) is 4. The monoisotopic (exact) mass is 513 g/mol. The molecular weight excluding hydrogens is 474 g/mol. The van der Waals surface area contributed by atoms with E-state index in [1.54, 1.807) is 23.7 Å². The van der Waals surface area contributed by atoms with Gasteiger partial charge in [0.25, 0.3) is 5.91 Å². The summed E-state index contributed by atoms with van der Waals surface area (Å²) in [5, 5.41) is 1.20. The number of hydrogen-bond donors (Lipinski definition) is 0. The lowest BCUT2D eigenvalue weighted by Crippen LogP contribution is -2.41. The Morgan fingerprint density at radius 3 is 2.51 bits per heavy atom. The van der Waals surface area contributed by atoms with E-state index in [4.69, 9.17) is 0 Å². The number of fused-ring (bicyclic) bond motifs is 1. The zero-order chi connectivity index (χ0) is 26.2. The molecule has 0 aliphatic heterocycles. The molecule has 4 aromatic rings. The highest BCUT2D eigenvalue weighted by Crippen LogP contribution is 2.34. The topological polar surface area (TPSA) is 46.1 Å². The Labute approximate surface area is 225 Å². The first-order valence-corrected chi connectivity index (χ1v) is 14.6. The van der Waals surface area contributed by atoms with Gasteiger partial charge in [0.15, 0.2) is 0 Å². The molecule has 0 spiro atoms. The molecule has 1 aliphatic rings. The van der Waals surface area contributed by atoms with Crippen LogP contribution in [0, 0.1) is 6.92 Å². The van der Waals surface area contributed by atoms with Crippen LogP contribution in [0.5, 0.6) is 0 Å². The van der Waals surface area contributed by atoms with Gasteiger partial charge in [0.05, 0.1) is 16.8 Å². The summed E-state index contributed by atoms with van der Waals surface area (Å²) in [5.41, 5.74) is 5.59. The standard InChI is InChI=1S/C30H33N3OS.C2H6/c1-3-9-22-14-15-23(27-19-31-16-17-32-27)18-24(22)20-33(25-10-5-4-6-11-25)30(34)29-21(2)26-12-7-8-13-28(26)35-29;1-2/h7-8,12-19,25H,3-6,9-11,20H2,1-2H3;1-2H3. The third-order valence-corrected chi connectivity index (χ3v) is 8.50. The van der Waals surface area contributed by atoms with E-state index in [0.29, 0.717) is 6.54 Å². The Balaban J connectivity index is 0.00000156. The Morgan fingerprint density at radius 1 is 1.03 bits per heavy atom. The van der Waals surface area contributed by atoms with Crippen LogP contribution in [0.25, 0.3) is 21.3 Å². The Kier molecular flexibility index (Phi) is 9.45. The molecule has 0 saturated heterocycles. The normalized spacial score (nSPS) is 13.7. The number of thiophene rings is 1. The van der Waals surface area contributed by atoms with Gasteiger partial charge < -0.3 is 4.90 Å². The van der Waals surface area contributed by atoms with Crippen molar-refractivity contribution < 1.29 is 4.79 Å². The number of carbonyl (C=O) groups is 1. The van der Waals surface area contributed by atoms with E-state index in [9.17, 15) is 4.79 Å². The van der Waals surface area contributed by atoms with E-state index in [-0.39, 0.29) is 11.9 Å². The summed E-state index contributed by atoms with van der Waals surface area (Å²) in [7, 11) is 0. The lowest BCUT2D eigenvalue weighted by Gasteiger charge is -2.35. The number of carbonyl (C=O) groups excluding carboxylic acids is 1. The van der Waals surface area contributed by atoms with Crippen LogP contribution in [0.2, 0.25) is 0 Å². The summed E-state index contributed by atoms with van der Waals surface area (Å²) in [5.74, 6) is 0.183. The predicted octanol–water partition coefficient (Wildman–Crippen LogP) is 8.62. The minimum Gasteiger partial charge on any atom is -0.331 e. The number of nitrogens with zero attached hydrogens (tertiary/aromatic N) is 3. The molecule has 194 valence electrons. The van der Waals surface area contributed by atoms with Gasteiger partial charge in [0.1, 0.15) is 0 Å². The third kappa shape index (κ3) is 6.10. The van der Waals surface area contributed by atoms with Gasteiger partial charge in [-0.3, -0.25) is 14.8 Å². The maximum atomic E-state index is 14.2. The van der Waals surface area contributed by atoms with Crippen molar-refractivity contribution in [3.63, 3.8) is 0 Å². The van der Waals surface area contributed by atoms with E-state index in [1.165, 1.54) is 40.5 Å². The second kappa shape index (κ2) is 13.0. The van der Waals surface area contributed by atoms with Gasteiger partial charge in [-0.2, -0.15) is 0 Å². The summed E-state index contributed by atoms with van der Waals surface area (Å²) in [6.45, 7) is 8.95. The van der Waals surface area contributed by atoms with Gasteiger partial charge in [0, 0.05) is 35.2 Å². The predicted molar refractivity (Wildman–Crippen MR) is 156 cm³/mol. The van der Waals surface area contributed by atoms with Crippen molar-refractivity contribution in [2.75, 3.05) is 0 Å². The largest absolute Gasteiger partial charge is 0.331 e. The zero-order valence-electron chi connectivity index (χ0n) is 22.7. The van der Waals surface area contributed by atoms with Crippen LogP contribution < -0.4 is 0 Å². The first-order valence-electron chi connectivity index (χ1n) is 13.8. The average molecular weight is 514 g/mol. The second-order valence-electron chi connectivity index (χ2n) is 9.60. The lowest BCUT2D eigenvalue weighted by atomic mass is 9.92. The van der Waals surface area contributed by atoms with Crippen molar-refractivity contribution in [1.82, 2.24) is 14.9 Å². The Morgan fingerprint density at radius 2 is 1.81 bits per heavy atom. The minimum atomic E-state index is 0.183. The third-order valence-electron chi connectivity index (χ3n) is 7.24. The highest BCUT2D eigenvalue weighted by atomic mass is 32.1. The smallest absolute Gasteiger partial charge is 0.264 e. The quantitative estimate of drug-likeness (QED) is 0.248. The molecule has 37 heavy (non-hydrogen) atoms. The van der Waals surface area contributed by atoms with Gasteiger partial charge in [-0.05, 0) is 60.4 Å². The zero-order valence-corrected chi connectivity index (χ0v) is 23.5. The lowest BCUT2D eigenvalue weighted by molar-refractivity contribution is 0.0618. The molecule has 0 bridgehead atoms. The van der Waals surface area contributed by atoms with Gasteiger partial charge in [-0.15, -0.1) is 11.3 Å². The molecule has 2 aromatic carbocycles. The van der Waals surface area contributed by atoms with Crippen LogP contribution in [0.1, 0.15) is 85.7 Å². The molecule has 0 unspecified atom stereocenters. The van der Waals surface area contributed by atoms with Crippen molar-refractivity contribution in [3.8, 4) is 11.3 Å². The van der Waals surface area contributed by atoms with Crippen LogP contribution in [-0.4, -0.2) is 26.8 Å². The molecule has 1 amide bonds. The van der Waals surface area contributed by atoms with E-state index < -0.39 is 0 Å². The number of aromatic nitrogens is 2.